The van der Waals surface area contributed by atoms with Gasteiger partial charge in [-0.25, -0.2) is 4.98 Å². The molecule has 1 aliphatic rings. The summed E-state index contributed by atoms with van der Waals surface area (Å²) in [5, 5.41) is 0.727. The van der Waals surface area contributed by atoms with Crippen molar-refractivity contribution in [2.45, 2.75) is 6.92 Å². The molecule has 0 fully saturated rings. The number of anilines is 1. The fraction of sp³-hybridized carbons (Fsp3) is 0.250. The van der Waals surface area contributed by atoms with Crippen LogP contribution in [0.25, 0.3) is 11.3 Å². The summed E-state index contributed by atoms with van der Waals surface area (Å²) in [6.07, 6.45) is 0. The van der Waals surface area contributed by atoms with Gasteiger partial charge in [-0.15, -0.1) is 11.3 Å². The number of aryl methyl sites for hydroxylation is 1. The summed E-state index contributed by atoms with van der Waals surface area (Å²) in [5.74, 6) is 1.57. The van der Waals surface area contributed by atoms with Crippen LogP contribution in [0.2, 0.25) is 0 Å². The van der Waals surface area contributed by atoms with Gasteiger partial charge in [0, 0.05) is 5.56 Å². The van der Waals surface area contributed by atoms with Crippen LogP contribution in [0.1, 0.15) is 5.56 Å². The minimum atomic E-state index is 0.585. The third-order valence-electron chi connectivity index (χ3n) is 2.74. The van der Waals surface area contributed by atoms with Crippen LogP contribution >= 0.6 is 11.3 Å². The summed E-state index contributed by atoms with van der Waals surface area (Å²) in [5.41, 5.74) is 10.6. The van der Waals surface area contributed by atoms with Crippen molar-refractivity contribution in [2.24, 2.45) is 0 Å². The van der Waals surface area contributed by atoms with Crippen LogP contribution in [-0.4, -0.2) is 18.2 Å². The Kier molecular flexibility index (Phi) is 2.40. The number of aromatic nitrogens is 1. The zero-order valence-corrected chi connectivity index (χ0v) is 10.2. The van der Waals surface area contributed by atoms with Gasteiger partial charge in [0.1, 0.15) is 23.9 Å². The summed E-state index contributed by atoms with van der Waals surface area (Å²) < 4.78 is 11.1. The molecular weight excluding hydrogens is 236 g/mol. The normalized spacial score (nSPS) is 13.7. The Morgan fingerprint density at radius 2 is 1.94 bits per heavy atom. The minimum absolute atomic E-state index is 0.585. The Morgan fingerprint density at radius 3 is 2.59 bits per heavy atom. The summed E-state index contributed by atoms with van der Waals surface area (Å²) >= 11 is 1.44. The average Bonchev–Trinajstić information content (AvgIpc) is 2.74. The number of fused-ring (bicyclic) bond motifs is 1. The Bertz CT molecular complexity index is 566. The highest BCUT2D eigenvalue weighted by atomic mass is 32.1. The van der Waals surface area contributed by atoms with E-state index in [2.05, 4.69) is 4.98 Å². The summed E-state index contributed by atoms with van der Waals surface area (Å²) in [6, 6.07) is 3.93. The maximum atomic E-state index is 5.90. The molecule has 17 heavy (non-hydrogen) atoms. The van der Waals surface area contributed by atoms with Crippen LogP contribution in [0.15, 0.2) is 17.6 Å². The molecule has 0 amide bonds. The monoisotopic (exact) mass is 248 g/mol. The van der Waals surface area contributed by atoms with E-state index in [1.165, 1.54) is 11.3 Å². The van der Waals surface area contributed by atoms with E-state index in [9.17, 15) is 0 Å². The number of hydrogen-bond donors (Lipinski definition) is 1. The van der Waals surface area contributed by atoms with Crippen molar-refractivity contribution in [1.29, 1.82) is 0 Å². The Labute approximate surface area is 103 Å². The number of nitrogens with two attached hydrogens (primary N) is 1. The first-order valence-corrected chi connectivity index (χ1v) is 6.23. The van der Waals surface area contributed by atoms with Crippen LogP contribution in [0.3, 0.4) is 0 Å². The van der Waals surface area contributed by atoms with E-state index in [0.29, 0.717) is 13.2 Å². The molecule has 5 heteroatoms. The molecule has 1 aromatic carbocycles. The Balaban J connectivity index is 2.15. The number of rotatable bonds is 1. The number of ether oxygens (including phenoxy) is 2. The van der Waals surface area contributed by atoms with E-state index in [4.69, 9.17) is 15.2 Å². The largest absolute Gasteiger partial charge is 0.486 e. The highest BCUT2D eigenvalue weighted by Gasteiger charge is 2.17. The fourth-order valence-corrected chi connectivity index (χ4v) is 2.45. The third-order valence-corrected chi connectivity index (χ3v) is 3.40. The SMILES string of the molecule is Cc1cc2c(cc1-c1ncsc1N)OCCO2. The van der Waals surface area contributed by atoms with Gasteiger partial charge in [-0.3, -0.25) is 0 Å². The van der Waals surface area contributed by atoms with Gasteiger partial charge in [0.25, 0.3) is 0 Å². The van der Waals surface area contributed by atoms with Gasteiger partial charge in [-0.2, -0.15) is 0 Å². The number of benzene rings is 1. The quantitative estimate of drug-likeness (QED) is 0.842. The number of nitrogen functional groups attached to an aromatic ring is 1. The van der Waals surface area contributed by atoms with Gasteiger partial charge in [-0.05, 0) is 24.6 Å². The van der Waals surface area contributed by atoms with Gasteiger partial charge < -0.3 is 15.2 Å². The van der Waals surface area contributed by atoms with Crippen LogP contribution < -0.4 is 15.2 Å². The second-order valence-corrected chi connectivity index (χ2v) is 4.76. The number of hydrogen-bond acceptors (Lipinski definition) is 5. The first kappa shape index (κ1) is 10.4. The van der Waals surface area contributed by atoms with Gasteiger partial charge in [-0.1, -0.05) is 0 Å². The molecular formula is C12H12N2O2S. The molecule has 1 aliphatic heterocycles. The third kappa shape index (κ3) is 1.72. The van der Waals surface area contributed by atoms with E-state index >= 15 is 0 Å². The molecule has 0 atom stereocenters. The lowest BCUT2D eigenvalue weighted by Gasteiger charge is -2.20. The summed E-state index contributed by atoms with van der Waals surface area (Å²) in [6.45, 7) is 3.21. The molecule has 0 saturated heterocycles. The van der Waals surface area contributed by atoms with E-state index in [1.54, 1.807) is 5.51 Å². The minimum Gasteiger partial charge on any atom is -0.486 e. The molecule has 0 aliphatic carbocycles. The zero-order valence-electron chi connectivity index (χ0n) is 9.40. The lowest BCUT2D eigenvalue weighted by molar-refractivity contribution is 0.171. The Hall–Kier alpha value is -1.75. The average molecular weight is 248 g/mol. The van der Waals surface area contributed by atoms with Crippen molar-refractivity contribution in [3.63, 3.8) is 0 Å². The molecule has 1 aromatic heterocycles. The summed E-state index contributed by atoms with van der Waals surface area (Å²) in [7, 11) is 0. The fourth-order valence-electron chi connectivity index (χ4n) is 1.90. The van der Waals surface area contributed by atoms with Crippen molar-refractivity contribution < 1.29 is 9.47 Å². The van der Waals surface area contributed by atoms with Gasteiger partial charge in [0.05, 0.1) is 5.51 Å². The Morgan fingerprint density at radius 1 is 1.24 bits per heavy atom. The van der Waals surface area contributed by atoms with Gasteiger partial charge in [0.2, 0.25) is 0 Å². The maximum absolute atomic E-state index is 5.90. The summed E-state index contributed by atoms with van der Waals surface area (Å²) in [4.78, 5) is 4.29. The van der Waals surface area contributed by atoms with Crippen molar-refractivity contribution in [1.82, 2.24) is 4.98 Å². The molecule has 0 bridgehead atoms. The number of thiazole rings is 1. The predicted molar refractivity (Wildman–Crippen MR) is 67.7 cm³/mol. The van der Waals surface area contributed by atoms with E-state index in [1.807, 2.05) is 19.1 Å². The van der Waals surface area contributed by atoms with E-state index < -0.39 is 0 Å². The molecule has 0 radical (unpaired) electrons. The molecule has 2 aromatic rings. The first-order valence-electron chi connectivity index (χ1n) is 5.35. The molecule has 3 rings (SSSR count). The van der Waals surface area contributed by atoms with Crippen molar-refractivity contribution in [2.75, 3.05) is 18.9 Å². The van der Waals surface area contributed by atoms with Crippen molar-refractivity contribution in [3.8, 4) is 22.8 Å². The van der Waals surface area contributed by atoms with Crippen molar-refractivity contribution in [3.05, 3.63) is 23.2 Å². The smallest absolute Gasteiger partial charge is 0.162 e. The molecule has 0 saturated carbocycles. The molecule has 0 spiro atoms. The molecule has 0 unspecified atom stereocenters. The second-order valence-electron chi connectivity index (χ2n) is 3.88. The molecule has 4 nitrogen and oxygen atoms in total. The standard InChI is InChI=1S/C12H12N2O2S/c1-7-4-9-10(16-3-2-15-9)5-8(7)11-12(13)17-6-14-11/h4-6H,2-3,13H2,1H3. The highest BCUT2D eigenvalue weighted by molar-refractivity contribution is 7.14. The first-order chi connectivity index (χ1) is 8.25. The van der Waals surface area contributed by atoms with E-state index in [0.717, 1.165) is 33.3 Å². The maximum Gasteiger partial charge on any atom is 0.162 e. The topological polar surface area (TPSA) is 57.4 Å². The lowest BCUT2D eigenvalue weighted by atomic mass is 10.0. The van der Waals surface area contributed by atoms with E-state index in [-0.39, 0.29) is 0 Å². The molecule has 2 N–H and O–H groups in total. The molecule has 2 heterocycles. The highest BCUT2D eigenvalue weighted by Crippen LogP contribution is 2.39. The van der Waals surface area contributed by atoms with Gasteiger partial charge in [0.15, 0.2) is 11.5 Å². The van der Waals surface area contributed by atoms with Crippen LogP contribution in [-0.2, 0) is 0 Å². The zero-order chi connectivity index (χ0) is 11.8. The number of nitrogens with zero attached hydrogens (tertiary/aromatic N) is 1. The van der Waals surface area contributed by atoms with Crippen LogP contribution in [0.4, 0.5) is 5.00 Å². The second kappa shape index (κ2) is 3.92. The molecule has 88 valence electrons. The van der Waals surface area contributed by atoms with Gasteiger partial charge >= 0.3 is 0 Å². The van der Waals surface area contributed by atoms with Crippen LogP contribution in [0, 0.1) is 6.92 Å². The predicted octanol–water partition coefficient (Wildman–Crippen LogP) is 2.47. The van der Waals surface area contributed by atoms with Crippen LogP contribution in [0.5, 0.6) is 11.5 Å². The lowest BCUT2D eigenvalue weighted by Crippen LogP contribution is -2.15. The van der Waals surface area contributed by atoms with Crippen molar-refractivity contribution >= 4 is 16.3 Å².